The number of alkyl halides is 3. The van der Waals surface area contributed by atoms with E-state index in [0.717, 1.165) is 44.9 Å². The molecule has 0 saturated carbocycles. The Morgan fingerprint density at radius 3 is 2.29 bits per heavy atom. The maximum absolute atomic E-state index is 12.7. The van der Waals surface area contributed by atoms with Crippen molar-refractivity contribution in [1.29, 1.82) is 0 Å². The molecule has 2 aromatic rings. The molecule has 4 rings (SSSR count). The first-order valence-electron chi connectivity index (χ1n) is 14.0. The predicted octanol–water partition coefficient (Wildman–Crippen LogP) is 5.29. The Hall–Kier alpha value is -3.84. The summed E-state index contributed by atoms with van der Waals surface area (Å²) in [6, 6.07) is 5.99. The van der Waals surface area contributed by atoms with Crippen LogP contribution in [0.1, 0.15) is 68.6 Å². The van der Waals surface area contributed by atoms with Crippen molar-refractivity contribution in [2.75, 3.05) is 50.0 Å². The number of nitrogens with one attached hydrogen (secondary N) is 3. The third kappa shape index (κ3) is 12.1. The Morgan fingerprint density at radius 2 is 1.56 bits per heavy atom. The molecule has 2 amide bonds. The van der Waals surface area contributed by atoms with Gasteiger partial charge in [0.25, 0.3) is 5.91 Å². The summed E-state index contributed by atoms with van der Waals surface area (Å²) in [7, 11) is 0. The SMILES string of the molecule is CCCOC(=O)N1CCCCCCCCNc2nc(nc(OCC(F)(F)F)n2)Nc2ccc(cc2)C(=O)NCCC1. The molecule has 3 N–H and O–H groups in total. The van der Waals surface area contributed by atoms with E-state index in [9.17, 15) is 22.8 Å². The van der Waals surface area contributed by atoms with Gasteiger partial charge in [-0.3, -0.25) is 4.79 Å². The second kappa shape index (κ2) is 16.4. The first-order valence-corrected chi connectivity index (χ1v) is 14.0. The number of hydrogen-bond donors (Lipinski definition) is 3. The first-order chi connectivity index (χ1) is 19.7. The molecule has 0 unspecified atom stereocenters. The van der Waals surface area contributed by atoms with Crippen LogP contribution in [0.3, 0.4) is 0 Å². The summed E-state index contributed by atoms with van der Waals surface area (Å²) in [5.41, 5.74) is 0.931. The van der Waals surface area contributed by atoms with Crippen LogP contribution in [-0.2, 0) is 4.74 Å². The van der Waals surface area contributed by atoms with E-state index in [0.29, 0.717) is 50.5 Å². The molecular formula is C27H38F3N7O4. The van der Waals surface area contributed by atoms with Crippen molar-refractivity contribution in [3.05, 3.63) is 29.8 Å². The lowest BCUT2D eigenvalue weighted by Gasteiger charge is -2.22. The molecule has 14 heteroatoms. The molecule has 11 nitrogen and oxygen atoms in total. The van der Waals surface area contributed by atoms with E-state index in [2.05, 4.69) is 30.9 Å². The van der Waals surface area contributed by atoms with E-state index in [4.69, 9.17) is 9.47 Å². The molecule has 3 heterocycles. The average molecular weight is 582 g/mol. The van der Waals surface area contributed by atoms with E-state index < -0.39 is 18.8 Å². The summed E-state index contributed by atoms with van der Waals surface area (Å²) in [5, 5.41) is 8.80. The highest BCUT2D eigenvalue weighted by Crippen LogP contribution is 2.20. The Morgan fingerprint density at radius 1 is 0.902 bits per heavy atom. The largest absolute Gasteiger partial charge is 0.454 e. The van der Waals surface area contributed by atoms with E-state index in [-0.39, 0.29) is 23.9 Å². The van der Waals surface area contributed by atoms with Crippen LogP contribution >= 0.6 is 0 Å². The molecular weight excluding hydrogens is 543 g/mol. The third-order valence-electron chi connectivity index (χ3n) is 6.10. The summed E-state index contributed by atoms with van der Waals surface area (Å²) in [4.78, 5) is 39.0. The van der Waals surface area contributed by atoms with Crippen LogP contribution in [0.25, 0.3) is 0 Å². The highest BCUT2D eigenvalue weighted by molar-refractivity contribution is 5.94. The number of fused-ring (bicyclic) bond motifs is 16. The van der Waals surface area contributed by atoms with Gasteiger partial charge in [-0.05, 0) is 49.9 Å². The number of carbonyl (C=O) groups excluding carboxylic acids is 2. The quantitative estimate of drug-likeness (QED) is 0.441. The van der Waals surface area contributed by atoms with E-state index in [1.165, 1.54) is 0 Å². The van der Waals surface area contributed by atoms with Crippen molar-refractivity contribution in [1.82, 2.24) is 25.2 Å². The maximum Gasteiger partial charge on any atom is 0.422 e. The van der Waals surface area contributed by atoms with Gasteiger partial charge >= 0.3 is 18.3 Å². The lowest BCUT2D eigenvalue weighted by Crippen LogP contribution is -2.35. The van der Waals surface area contributed by atoms with Crippen molar-refractivity contribution < 1.29 is 32.2 Å². The monoisotopic (exact) mass is 581 g/mol. The number of anilines is 3. The number of amides is 2. The van der Waals surface area contributed by atoms with Gasteiger partial charge in [-0.1, -0.05) is 32.6 Å². The first kappa shape index (κ1) is 31.7. The van der Waals surface area contributed by atoms with Crippen molar-refractivity contribution in [3.63, 3.8) is 0 Å². The second-order valence-electron chi connectivity index (χ2n) is 9.63. The van der Waals surface area contributed by atoms with Crippen LogP contribution in [0.4, 0.5) is 35.5 Å². The molecule has 0 atom stereocenters. The topological polar surface area (TPSA) is 131 Å². The molecule has 41 heavy (non-hydrogen) atoms. The minimum atomic E-state index is -4.54. The number of benzene rings is 1. The molecule has 4 bridgehead atoms. The van der Waals surface area contributed by atoms with Crippen LogP contribution < -0.4 is 20.7 Å². The number of halogens is 3. The van der Waals surface area contributed by atoms with Crippen molar-refractivity contribution in [2.24, 2.45) is 0 Å². The van der Waals surface area contributed by atoms with Gasteiger partial charge in [0.05, 0.1) is 6.61 Å². The van der Waals surface area contributed by atoms with Crippen LogP contribution in [0.2, 0.25) is 0 Å². The van der Waals surface area contributed by atoms with E-state index >= 15 is 0 Å². The zero-order valence-corrected chi connectivity index (χ0v) is 23.3. The molecule has 0 saturated heterocycles. The van der Waals surface area contributed by atoms with Gasteiger partial charge in [-0.25, -0.2) is 4.79 Å². The minimum Gasteiger partial charge on any atom is -0.454 e. The highest BCUT2D eigenvalue weighted by atomic mass is 19.4. The van der Waals surface area contributed by atoms with E-state index in [1.54, 1.807) is 29.2 Å². The van der Waals surface area contributed by atoms with E-state index in [1.807, 2.05) is 6.92 Å². The lowest BCUT2D eigenvalue weighted by atomic mass is 10.1. The zero-order valence-electron chi connectivity index (χ0n) is 23.3. The van der Waals surface area contributed by atoms with Gasteiger partial charge in [0.2, 0.25) is 11.9 Å². The molecule has 2 aliphatic heterocycles. The number of nitrogens with zero attached hydrogens (tertiary/aromatic N) is 4. The number of ether oxygens (including phenoxy) is 2. The summed E-state index contributed by atoms with van der Waals surface area (Å²) in [6.07, 6.45) is 2.01. The summed E-state index contributed by atoms with van der Waals surface area (Å²) >= 11 is 0. The van der Waals surface area contributed by atoms with Crippen LogP contribution in [-0.4, -0.2) is 77.4 Å². The molecule has 0 aliphatic carbocycles. The van der Waals surface area contributed by atoms with Gasteiger partial charge in [-0.15, -0.1) is 0 Å². The fourth-order valence-electron chi connectivity index (χ4n) is 4.02. The van der Waals surface area contributed by atoms with Crippen molar-refractivity contribution >= 4 is 29.6 Å². The highest BCUT2D eigenvalue weighted by Gasteiger charge is 2.29. The fourth-order valence-corrected chi connectivity index (χ4v) is 4.02. The molecule has 0 spiro atoms. The van der Waals surface area contributed by atoms with Gasteiger partial charge in [0.15, 0.2) is 6.61 Å². The molecule has 1 aromatic carbocycles. The number of aromatic nitrogens is 3. The van der Waals surface area contributed by atoms with Crippen LogP contribution in [0.5, 0.6) is 6.01 Å². The standard InChI is InChI=1S/C27H38F3N7O4/c1-2-18-40-26(39)37-16-8-6-4-3-5-7-14-32-23-34-24(36-25(35-23)41-19-27(28,29)30)33-21-12-10-20(11-13-21)22(38)31-15-9-17-37/h10-13H,2-9,14-19H2,1H3,(H,31,38)(H2,32,33,34,35,36). The number of carbonyl (C=O) groups is 2. The van der Waals surface area contributed by atoms with Gasteiger partial charge in [0.1, 0.15) is 0 Å². The summed E-state index contributed by atoms with van der Waals surface area (Å²) in [5.74, 6) is -0.189. The summed E-state index contributed by atoms with van der Waals surface area (Å²) < 4.78 is 48.1. The van der Waals surface area contributed by atoms with Crippen LogP contribution in [0, 0.1) is 0 Å². The number of rotatable bonds is 4. The van der Waals surface area contributed by atoms with Gasteiger partial charge in [0, 0.05) is 37.4 Å². The third-order valence-corrected chi connectivity index (χ3v) is 6.10. The molecule has 0 fully saturated rings. The molecule has 2 aliphatic rings. The second-order valence-corrected chi connectivity index (χ2v) is 9.63. The molecule has 226 valence electrons. The van der Waals surface area contributed by atoms with Gasteiger partial charge < -0.3 is 30.3 Å². The zero-order chi connectivity index (χ0) is 29.5. The Kier molecular flexibility index (Phi) is 12.7. The molecule has 0 radical (unpaired) electrons. The number of hydrogen-bond acceptors (Lipinski definition) is 9. The van der Waals surface area contributed by atoms with Gasteiger partial charge in [-0.2, -0.15) is 28.1 Å². The average Bonchev–Trinajstić information content (AvgIpc) is 2.94. The smallest absolute Gasteiger partial charge is 0.422 e. The normalized spacial score (nSPS) is 16.2. The van der Waals surface area contributed by atoms with Crippen molar-refractivity contribution in [2.45, 2.75) is 64.5 Å². The van der Waals surface area contributed by atoms with Crippen molar-refractivity contribution in [3.8, 4) is 6.01 Å². The Labute approximate surface area is 237 Å². The fraction of sp³-hybridized carbons (Fsp3) is 0.593. The Balaban J connectivity index is 1.69. The summed E-state index contributed by atoms with van der Waals surface area (Å²) in [6.45, 7) is 2.77. The predicted molar refractivity (Wildman–Crippen MR) is 147 cm³/mol. The lowest BCUT2D eigenvalue weighted by molar-refractivity contribution is -0.154. The van der Waals surface area contributed by atoms with Crippen LogP contribution in [0.15, 0.2) is 24.3 Å². The maximum atomic E-state index is 12.7. The minimum absolute atomic E-state index is 0.00251. The molecule has 1 aromatic heterocycles. The Bertz CT molecular complexity index is 1100.